The number of nitrogens with one attached hydrogen (secondary N) is 1. The molecular weight excluding hydrogens is 242 g/mol. The molecule has 1 aromatic heterocycles. The first-order valence-corrected chi connectivity index (χ1v) is 5.37. The highest BCUT2D eigenvalue weighted by Crippen LogP contribution is 2.07. The highest BCUT2D eigenvalue weighted by atomic mass is 35.5. The van der Waals surface area contributed by atoms with Gasteiger partial charge >= 0.3 is 0 Å². The molecule has 1 fully saturated rings. The van der Waals surface area contributed by atoms with Crippen LogP contribution in [0, 0.1) is 0 Å². The average molecular weight is 258 g/mol. The smallest absolute Gasteiger partial charge is 0.270 e. The topological polar surface area (TPSA) is 77.2 Å². The van der Waals surface area contributed by atoms with E-state index in [4.69, 9.17) is 10.5 Å². The summed E-state index contributed by atoms with van der Waals surface area (Å²) in [6.45, 7) is 1.36. The van der Waals surface area contributed by atoms with E-state index in [1.54, 1.807) is 18.2 Å². The number of nitrogens with zero attached hydrogens (tertiary/aromatic N) is 1. The Labute approximate surface area is 106 Å². The molecule has 0 saturated carbocycles. The second-order valence-electron chi connectivity index (χ2n) is 3.84. The van der Waals surface area contributed by atoms with E-state index in [-0.39, 0.29) is 24.4 Å². The number of aromatic nitrogens is 1. The summed E-state index contributed by atoms with van der Waals surface area (Å²) < 4.78 is 5.28. The number of pyridine rings is 1. The number of hydrogen-bond donors (Lipinski definition) is 2. The van der Waals surface area contributed by atoms with Crippen LogP contribution < -0.4 is 11.1 Å². The van der Waals surface area contributed by atoms with Gasteiger partial charge in [0, 0.05) is 6.61 Å². The van der Waals surface area contributed by atoms with Crippen molar-refractivity contribution in [1.29, 1.82) is 0 Å². The molecule has 5 nitrogen and oxygen atoms in total. The fourth-order valence-electron chi connectivity index (χ4n) is 1.69. The van der Waals surface area contributed by atoms with Gasteiger partial charge in [0.25, 0.3) is 5.91 Å². The minimum absolute atomic E-state index is 0. The molecule has 1 aromatic rings. The molecule has 1 aliphatic heterocycles. The lowest BCUT2D eigenvalue weighted by molar-refractivity contribution is 0.0622. The summed E-state index contributed by atoms with van der Waals surface area (Å²) in [7, 11) is 0. The molecule has 1 aliphatic rings. The van der Waals surface area contributed by atoms with Gasteiger partial charge in [-0.1, -0.05) is 6.07 Å². The molecular formula is C11H16ClN3O2. The number of carbonyl (C=O) groups excluding carboxylic acids is 1. The van der Waals surface area contributed by atoms with Crippen LogP contribution in [0.1, 0.15) is 23.3 Å². The first kappa shape index (κ1) is 13.7. The number of nitrogen functional groups attached to an aromatic ring is 1. The van der Waals surface area contributed by atoms with Crippen LogP contribution in [0.2, 0.25) is 0 Å². The summed E-state index contributed by atoms with van der Waals surface area (Å²) in [5, 5.41) is 2.88. The van der Waals surface area contributed by atoms with E-state index in [0.29, 0.717) is 18.1 Å². The lowest BCUT2D eigenvalue weighted by Crippen LogP contribution is -2.40. The summed E-state index contributed by atoms with van der Waals surface area (Å²) in [5.41, 5.74) is 5.87. The quantitative estimate of drug-likeness (QED) is 0.829. The second-order valence-corrected chi connectivity index (χ2v) is 3.84. The van der Waals surface area contributed by atoms with Crippen LogP contribution in [0.4, 0.5) is 5.82 Å². The third-order valence-corrected chi connectivity index (χ3v) is 2.50. The summed E-state index contributed by atoms with van der Waals surface area (Å²) in [4.78, 5) is 15.7. The molecule has 6 heteroatoms. The van der Waals surface area contributed by atoms with Gasteiger partial charge < -0.3 is 15.8 Å². The number of anilines is 1. The molecule has 94 valence electrons. The standard InChI is InChI=1S/C11H15N3O2.ClH/c12-10-5-1-4-9(14-10)11(15)13-8-3-2-6-16-7-8;/h1,4-5,8H,2-3,6-7H2,(H2,12,14)(H,13,15);1H. The Bertz CT molecular complexity index is 381. The zero-order chi connectivity index (χ0) is 11.4. The Morgan fingerprint density at radius 2 is 2.35 bits per heavy atom. The van der Waals surface area contributed by atoms with E-state index in [9.17, 15) is 4.79 Å². The molecule has 17 heavy (non-hydrogen) atoms. The number of amides is 1. The van der Waals surface area contributed by atoms with E-state index in [0.717, 1.165) is 19.4 Å². The van der Waals surface area contributed by atoms with Gasteiger partial charge in [-0.15, -0.1) is 12.4 Å². The van der Waals surface area contributed by atoms with E-state index in [1.165, 1.54) is 0 Å². The van der Waals surface area contributed by atoms with Crippen molar-refractivity contribution in [2.45, 2.75) is 18.9 Å². The summed E-state index contributed by atoms with van der Waals surface area (Å²) in [6.07, 6.45) is 1.93. The number of nitrogens with two attached hydrogens (primary N) is 1. The van der Waals surface area contributed by atoms with Crippen molar-refractivity contribution < 1.29 is 9.53 Å². The van der Waals surface area contributed by atoms with Gasteiger partial charge in [-0.25, -0.2) is 4.98 Å². The summed E-state index contributed by atoms with van der Waals surface area (Å²) in [6, 6.07) is 5.11. The summed E-state index contributed by atoms with van der Waals surface area (Å²) >= 11 is 0. The maximum atomic E-state index is 11.8. The highest BCUT2D eigenvalue weighted by Gasteiger charge is 2.17. The Hall–Kier alpha value is -1.33. The Kier molecular flexibility index (Phi) is 5.18. The van der Waals surface area contributed by atoms with Gasteiger partial charge in [-0.2, -0.15) is 0 Å². The van der Waals surface area contributed by atoms with Crippen molar-refractivity contribution in [3.63, 3.8) is 0 Å². The minimum atomic E-state index is -0.192. The van der Waals surface area contributed by atoms with Crippen molar-refractivity contribution in [1.82, 2.24) is 10.3 Å². The zero-order valence-corrected chi connectivity index (χ0v) is 10.2. The first-order chi connectivity index (χ1) is 7.75. The van der Waals surface area contributed by atoms with Crippen molar-refractivity contribution in [2.75, 3.05) is 18.9 Å². The van der Waals surface area contributed by atoms with Crippen molar-refractivity contribution in [3.05, 3.63) is 23.9 Å². The van der Waals surface area contributed by atoms with Gasteiger partial charge in [0.05, 0.1) is 12.6 Å². The Morgan fingerprint density at radius 1 is 1.53 bits per heavy atom. The van der Waals surface area contributed by atoms with E-state index >= 15 is 0 Å². The Morgan fingerprint density at radius 3 is 3.00 bits per heavy atom. The fourth-order valence-corrected chi connectivity index (χ4v) is 1.69. The molecule has 2 rings (SSSR count). The van der Waals surface area contributed by atoms with Gasteiger partial charge in [0.2, 0.25) is 0 Å². The SMILES string of the molecule is Cl.Nc1cccc(C(=O)NC2CCCOC2)n1. The van der Waals surface area contributed by atoms with E-state index in [1.807, 2.05) is 0 Å². The number of halogens is 1. The molecule has 0 bridgehead atoms. The van der Waals surface area contributed by atoms with Gasteiger partial charge in [0.1, 0.15) is 11.5 Å². The average Bonchev–Trinajstić information content (AvgIpc) is 2.30. The Balaban J connectivity index is 0.00000144. The van der Waals surface area contributed by atoms with Crippen LogP contribution >= 0.6 is 12.4 Å². The number of ether oxygens (including phenoxy) is 1. The van der Waals surface area contributed by atoms with Gasteiger partial charge in [0.15, 0.2) is 0 Å². The van der Waals surface area contributed by atoms with Crippen LogP contribution in [0.5, 0.6) is 0 Å². The number of hydrogen-bond acceptors (Lipinski definition) is 4. The third-order valence-electron chi connectivity index (χ3n) is 2.50. The molecule has 3 N–H and O–H groups in total. The fraction of sp³-hybridized carbons (Fsp3) is 0.455. The van der Waals surface area contributed by atoms with Gasteiger partial charge in [-0.05, 0) is 25.0 Å². The number of carbonyl (C=O) groups is 1. The lowest BCUT2D eigenvalue weighted by Gasteiger charge is -2.22. The van der Waals surface area contributed by atoms with Crippen LogP contribution in [0.15, 0.2) is 18.2 Å². The zero-order valence-electron chi connectivity index (χ0n) is 9.39. The maximum Gasteiger partial charge on any atom is 0.270 e. The second kappa shape index (κ2) is 6.42. The van der Waals surface area contributed by atoms with Gasteiger partial charge in [-0.3, -0.25) is 4.79 Å². The maximum absolute atomic E-state index is 11.8. The molecule has 0 aliphatic carbocycles. The van der Waals surface area contributed by atoms with E-state index in [2.05, 4.69) is 10.3 Å². The summed E-state index contributed by atoms with van der Waals surface area (Å²) in [5.74, 6) is 0.162. The van der Waals surface area contributed by atoms with Crippen LogP contribution in [-0.4, -0.2) is 30.1 Å². The van der Waals surface area contributed by atoms with E-state index < -0.39 is 0 Å². The molecule has 0 aromatic carbocycles. The van der Waals surface area contributed by atoms with Crippen molar-refractivity contribution in [3.8, 4) is 0 Å². The minimum Gasteiger partial charge on any atom is -0.384 e. The van der Waals surface area contributed by atoms with Crippen LogP contribution in [0.25, 0.3) is 0 Å². The monoisotopic (exact) mass is 257 g/mol. The predicted octanol–water partition coefficient (Wildman–Crippen LogP) is 0.994. The molecule has 1 saturated heterocycles. The molecule has 0 radical (unpaired) electrons. The third kappa shape index (κ3) is 3.87. The lowest BCUT2D eigenvalue weighted by atomic mass is 10.1. The predicted molar refractivity (Wildman–Crippen MR) is 67.2 cm³/mol. The van der Waals surface area contributed by atoms with Crippen LogP contribution in [0.3, 0.4) is 0 Å². The highest BCUT2D eigenvalue weighted by molar-refractivity contribution is 5.92. The van der Waals surface area contributed by atoms with Crippen LogP contribution in [-0.2, 0) is 4.74 Å². The molecule has 0 spiro atoms. The normalized spacial score (nSPS) is 19.2. The van der Waals surface area contributed by atoms with Crippen molar-refractivity contribution in [2.24, 2.45) is 0 Å². The molecule has 1 amide bonds. The molecule has 2 heterocycles. The van der Waals surface area contributed by atoms with Crippen molar-refractivity contribution >= 4 is 24.1 Å². The number of rotatable bonds is 2. The first-order valence-electron chi connectivity index (χ1n) is 5.37. The molecule has 1 unspecified atom stereocenters. The largest absolute Gasteiger partial charge is 0.384 e. The molecule has 1 atom stereocenters.